The van der Waals surface area contributed by atoms with Gasteiger partial charge in [0.2, 0.25) is 5.88 Å². The van der Waals surface area contributed by atoms with E-state index in [0.29, 0.717) is 36.7 Å². The molecule has 0 amide bonds. The Morgan fingerprint density at radius 2 is 1.92 bits per heavy atom. The number of benzene rings is 1. The Kier molecular flexibility index (Phi) is 5.84. The van der Waals surface area contributed by atoms with Gasteiger partial charge in [-0.15, -0.1) is 0 Å². The SMILES string of the molecule is COc1ccc2ncc(=O)n(CCC34CCC(NCc5cc6ccccc6n(C)c5=O)(CC3)CO4)c2n1. The normalized spacial score (nSPS) is 23.1. The minimum Gasteiger partial charge on any atom is -0.481 e. The number of ether oxygens (including phenoxy) is 2. The molecule has 1 saturated carbocycles. The number of nitrogens with one attached hydrogen (secondary N) is 1. The second kappa shape index (κ2) is 9.08. The number of hydrogen-bond acceptors (Lipinski definition) is 7. The Bertz CT molecular complexity index is 1580. The summed E-state index contributed by atoms with van der Waals surface area (Å²) in [6.07, 6.45) is 5.83. The number of hydrogen-bond donors (Lipinski definition) is 1. The number of fused-ring (bicyclic) bond motifs is 5. The van der Waals surface area contributed by atoms with Crippen LogP contribution in [0.15, 0.2) is 58.3 Å². The summed E-state index contributed by atoms with van der Waals surface area (Å²) in [6, 6.07) is 13.5. The van der Waals surface area contributed by atoms with E-state index in [1.807, 2.05) is 43.4 Å². The summed E-state index contributed by atoms with van der Waals surface area (Å²) < 4.78 is 15.1. The molecule has 1 N–H and O–H groups in total. The Balaban J connectivity index is 1.15. The van der Waals surface area contributed by atoms with Crippen LogP contribution in [0.4, 0.5) is 0 Å². The zero-order valence-corrected chi connectivity index (χ0v) is 21.2. The van der Waals surface area contributed by atoms with Crippen molar-refractivity contribution in [1.29, 1.82) is 0 Å². The molecule has 3 aromatic heterocycles. The van der Waals surface area contributed by atoms with Gasteiger partial charge >= 0.3 is 0 Å². The van der Waals surface area contributed by atoms with Gasteiger partial charge < -0.3 is 19.4 Å². The van der Waals surface area contributed by atoms with Crippen LogP contribution in [0.5, 0.6) is 5.88 Å². The molecule has 0 radical (unpaired) electrons. The van der Waals surface area contributed by atoms with Gasteiger partial charge in [-0.05, 0) is 55.7 Å². The fourth-order valence-corrected chi connectivity index (χ4v) is 5.88. The van der Waals surface area contributed by atoms with Gasteiger partial charge in [0.05, 0.1) is 31.0 Å². The lowest BCUT2D eigenvalue weighted by Crippen LogP contribution is -2.61. The molecule has 192 valence electrons. The van der Waals surface area contributed by atoms with E-state index in [1.165, 1.54) is 6.20 Å². The Morgan fingerprint density at radius 3 is 2.68 bits per heavy atom. The molecule has 3 fully saturated rings. The quantitative estimate of drug-likeness (QED) is 0.416. The molecule has 1 aromatic carbocycles. The average Bonchev–Trinajstić information content (AvgIpc) is 2.94. The van der Waals surface area contributed by atoms with E-state index in [0.717, 1.165) is 48.6 Å². The van der Waals surface area contributed by atoms with Crippen LogP contribution in [0.2, 0.25) is 0 Å². The zero-order chi connectivity index (χ0) is 25.6. The van der Waals surface area contributed by atoms with E-state index in [4.69, 9.17) is 9.47 Å². The average molecular weight is 502 g/mol. The van der Waals surface area contributed by atoms with Crippen molar-refractivity contribution in [3.63, 3.8) is 0 Å². The molecule has 2 bridgehead atoms. The molecule has 2 aliphatic heterocycles. The van der Waals surface area contributed by atoms with Crippen molar-refractivity contribution in [3.8, 4) is 5.88 Å². The van der Waals surface area contributed by atoms with E-state index >= 15 is 0 Å². The molecule has 4 aromatic rings. The Morgan fingerprint density at radius 1 is 1.11 bits per heavy atom. The molecule has 3 aliphatic rings. The van der Waals surface area contributed by atoms with Gasteiger partial charge in [0, 0.05) is 37.3 Å². The van der Waals surface area contributed by atoms with Gasteiger partial charge in [0.1, 0.15) is 5.52 Å². The fourth-order valence-electron chi connectivity index (χ4n) is 5.88. The van der Waals surface area contributed by atoms with E-state index < -0.39 is 0 Å². The molecule has 7 rings (SSSR count). The van der Waals surface area contributed by atoms with Gasteiger partial charge in [-0.3, -0.25) is 14.2 Å². The predicted molar refractivity (Wildman–Crippen MR) is 141 cm³/mol. The van der Waals surface area contributed by atoms with Crippen molar-refractivity contribution in [1.82, 2.24) is 24.4 Å². The highest BCUT2D eigenvalue weighted by Gasteiger charge is 2.49. The Hall–Kier alpha value is -3.56. The third kappa shape index (κ3) is 4.22. The maximum Gasteiger partial charge on any atom is 0.270 e. The number of aryl methyl sites for hydroxylation is 2. The lowest BCUT2D eigenvalue weighted by atomic mass is 9.70. The Labute approximate surface area is 214 Å². The number of nitrogens with zero attached hydrogens (tertiary/aromatic N) is 4. The van der Waals surface area contributed by atoms with Crippen LogP contribution in [0, 0.1) is 0 Å². The molecular weight excluding hydrogens is 470 g/mol. The van der Waals surface area contributed by atoms with Crippen molar-refractivity contribution in [2.45, 2.75) is 56.3 Å². The molecule has 9 nitrogen and oxygen atoms in total. The molecule has 1 aliphatic carbocycles. The highest BCUT2D eigenvalue weighted by molar-refractivity contribution is 5.79. The minimum absolute atomic E-state index is 0.0322. The van der Waals surface area contributed by atoms with Gasteiger partial charge in [-0.1, -0.05) is 18.2 Å². The third-order valence-electron chi connectivity index (χ3n) is 8.30. The first-order chi connectivity index (χ1) is 17.9. The second-order valence-electron chi connectivity index (χ2n) is 10.4. The lowest BCUT2D eigenvalue weighted by Gasteiger charge is -2.53. The number of para-hydroxylation sites is 1. The monoisotopic (exact) mass is 501 g/mol. The number of methoxy groups -OCH3 is 1. The first kappa shape index (κ1) is 23.8. The van der Waals surface area contributed by atoms with Gasteiger partial charge in [0.15, 0.2) is 5.65 Å². The second-order valence-corrected chi connectivity index (χ2v) is 10.4. The summed E-state index contributed by atoms with van der Waals surface area (Å²) >= 11 is 0. The molecule has 0 unspecified atom stereocenters. The van der Waals surface area contributed by atoms with Crippen LogP contribution in [0.1, 0.15) is 37.7 Å². The minimum atomic E-state index is -0.254. The summed E-state index contributed by atoms with van der Waals surface area (Å²) in [4.78, 5) is 34.3. The zero-order valence-electron chi connectivity index (χ0n) is 21.2. The van der Waals surface area contributed by atoms with Crippen LogP contribution < -0.4 is 21.2 Å². The van der Waals surface area contributed by atoms with E-state index in [1.54, 1.807) is 22.3 Å². The largest absolute Gasteiger partial charge is 0.481 e. The third-order valence-corrected chi connectivity index (χ3v) is 8.30. The molecule has 37 heavy (non-hydrogen) atoms. The molecular formula is C28H31N5O4. The molecule has 0 atom stereocenters. The van der Waals surface area contributed by atoms with Crippen molar-refractivity contribution < 1.29 is 9.47 Å². The van der Waals surface area contributed by atoms with Gasteiger partial charge in [-0.2, -0.15) is 4.98 Å². The van der Waals surface area contributed by atoms with E-state index in [2.05, 4.69) is 15.3 Å². The number of aromatic nitrogens is 4. The van der Waals surface area contributed by atoms with Crippen molar-refractivity contribution in [2.24, 2.45) is 7.05 Å². The van der Waals surface area contributed by atoms with Crippen LogP contribution in [-0.2, 0) is 24.9 Å². The molecule has 9 heteroatoms. The number of pyridine rings is 2. The standard InChI is InChI=1S/C28H31N5O4/c1-32-22-6-4-3-5-19(22)15-20(26(32)35)16-30-27-9-11-28(12-10-27,37-18-27)13-14-33-24(34)17-29-21-7-8-23(36-2)31-25(21)33/h3-8,15,17,30H,9-14,16,18H2,1-2H3. The maximum atomic E-state index is 12.9. The summed E-state index contributed by atoms with van der Waals surface area (Å²) in [6.45, 7) is 1.62. The first-order valence-corrected chi connectivity index (χ1v) is 12.8. The van der Waals surface area contributed by atoms with E-state index in [-0.39, 0.29) is 22.3 Å². The molecule has 5 heterocycles. The first-order valence-electron chi connectivity index (χ1n) is 12.8. The highest BCUT2D eigenvalue weighted by Crippen LogP contribution is 2.45. The summed E-state index contributed by atoms with van der Waals surface area (Å²) in [7, 11) is 3.38. The summed E-state index contributed by atoms with van der Waals surface area (Å²) in [5.41, 5.74) is 2.37. The summed E-state index contributed by atoms with van der Waals surface area (Å²) in [5.74, 6) is 0.454. The number of rotatable bonds is 7. The van der Waals surface area contributed by atoms with Crippen LogP contribution >= 0.6 is 0 Å². The smallest absolute Gasteiger partial charge is 0.270 e. The van der Waals surface area contributed by atoms with E-state index in [9.17, 15) is 9.59 Å². The predicted octanol–water partition coefficient (Wildman–Crippen LogP) is 2.91. The van der Waals surface area contributed by atoms with Crippen LogP contribution in [0.3, 0.4) is 0 Å². The lowest BCUT2D eigenvalue weighted by molar-refractivity contribution is -0.167. The van der Waals surface area contributed by atoms with Gasteiger partial charge in [0.25, 0.3) is 11.1 Å². The van der Waals surface area contributed by atoms with Crippen molar-refractivity contribution >= 4 is 22.1 Å². The van der Waals surface area contributed by atoms with Crippen LogP contribution in [0.25, 0.3) is 22.1 Å². The maximum absolute atomic E-state index is 12.9. The van der Waals surface area contributed by atoms with Crippen molar-refractivity contribution in [2.75, 3.05) is 13.7 Å². The van der Waals surface area contributed by atoms with Crippen molar-refractivity contribution in [3.05, 3.63) is 74.9 Å². The molecule has 0 spiro atoms. The topological polar surface area (TPSA) is 100 Å². The van der Waals surface area contributed by atoms with Crippen LogP contribution in [-0.4, -0.2) is 44.0 Å². The molecule has 2 saturated heterocycles. The summed E-state index contributed by atoms with van der Waals surface area (Å²) in [5, 5.41) is 4.75. The van der Waals surface area contributed by atoms with Gasteiger partial charge in [-0.25, -0.2) is 4.98 Å². The highest BCUT2D eigenvalue weighted by atomic mass is 16.5. The fraction of sp³-hybridized carbons (Fsp3) is 0.429.